The van der Waals surface area contributed by atoms with E-state index in [-0.39, 0.29) is 0 Å². The van der Waals surface area contributed by atoms with Gasteiger partial charge in [0.1, 0.15) is 0 Å². The molecule has 0 saturated carbocycles. The summed E-state index contributed by atoms with van der Waals surface area (Å²) in [6.07, 6.45) is 0. The molecule has 0 spiro atoms. The van der Waals surface area contributed by atoms with Crippen LogP contribution in [0.1, 0.15) is 187 Å². The molecule has 0 bridgehead atoms. The van der Waals surface area contributed by atoms with Gasteiger partial charge in [0.05, 0.1) is 26.4 Å². The van der Waals surface area contributed by atoms with Gasteiger partial charge in [-0.25, -0.2) is 0 Å². The van der Waals surface area contributed by atoms with Crippen LogP contribution in [0.4, 0.5) is 0 Å². The van der Waals surface area contributed by atoms with Crippen LogP contribution in [0.3, 0.4) is 0 Å². The molecule has 0 fully saturated rings. The molecule has 0 unspecified atom stereocenters. The fourth-order valence-corrected chi connectivity index (χ4v) is 30.4. The molecule has 0 N–H and O–H groups in total. The molecule has 0 aromatic heterocycles. The van der Waals surface area contributed by atoms with Crippen LogP contribution in [-0.4, -0.2) is 74.1 Å². The first-order valence-corrected chi connectivity index (χ1v) is 28.7. The van der Waals surface area contributed by atoms with Crippen molar-refractivity contribution in [3.05, 3.63) is 0 Å². The van der Waals surface area contributed by atoms with Crippen molar-refractivity contribution in [3.63, 3.8) is 0 Å². The van der Waals surface area contributed by atoms with Crippen LogP contribution in [0.5, 0.6) is 0 Å². The number of rotatable bonds is 0. The standard InChI is InChI=1S/3C12H27Si.CH3Ge.2ClGe/c3*1-10(2,3)13(11(4,5)6)12(7,8)9;3*1-2/h3*1-9H3;1H3;;. The molecule has 45 heavy (non-hydrogen) atoms. The fraction of sp³-hybridized carbons (Fsp3) is 1.00. The molecule has 8 heteroatoms. The Balaban J connectivity index is -0.000000116. The van der Waals surface area contributed by atoms with E-state index < -0.39 is 26.4 Å². The molecule has 0 saturated heterocycles. The maximum absolute atomic E-state index is 4.64. The predicted octanol–water partition coefficient (Wildman–Crippen LogP) is 15.5. The van der Waals surface area contributed by atoms with Gasteiger partial charge in [0.15, 0.2) is 0 Å². The Hall–Kier alpha value is 2.86. The molecule has 12 radical (unpaired) electrons. The fourth-order valence-electron chi connectivity index (χ4n) is 10.1. The van der Waals surface area contributed by atoms with Gasteiger partial charge in [-0.15, -0.1) is 0 Å². The topological polar surface area (TPSA) is 0 Å². The summed E-state index contributed by atoms with van der Waals surface area (Å²) in [5.74, 6) is 2.00. The first-order valence-electron chi connectivity index (χ1n) is 16.6. The Kier molecular flexibility index (Phi) is 30.3. The van der Waals surface area contributed by atoms with Gasteiger partial charge in [0.25, 0.3) is 0 Å². The summed E-state index contributed by atoms with van der Waals surface area (Å²) in [6, 6.07) is 0. The van der Waals surface area contributed by atoms with E-state index in [1.807, 2.05) is 22.3 Å². The van der Waals surface area contributed by atoms with E-state index in [9.17, 15) is 0 Å². The van der Waals surface area contributed by atoms with Gasteiger partial charge >= 0.3 is 73.5 Å². The van der Waals surface area contributed by atoms with Gasteiger partial charge in [-0.2, -0.15) is 0 Å². The van der Waals surface area contributed by atoms with Crippen molar-refractivity contribution >= 4 is 94.1 Å². The molecule has 0 aliphatic carbocycles. The van der Waals surface area contributed by atoms with Crippen molar-refractivity contribution in [3.8, 4) is 0 Å². The van der Waals surface area contributed by atoms with Crippen molar-refractivity contribution in [1.82, 2.24) is 0 Å². The first kappa shape index (κ1) is 60.0. The molecule has 0 aliphatic heterocycles. The van der Waals surface area contributed by atoms with Gasteiger partial charge in [0, 0.05) is 0 Å². The third kappa shape index (κ3) is 29.2. The molecular weight excluding hydrogens is 817 g/mol. The van der Waals surface area contributed by atoms with Crippen molar-refractivity contribution in [2.24, 2.45) is 0 Å². The van der Waals surface area contributed by atoms with Crippen LogP contribution in [0, 0.1) is 0 Å². The van der Waals surface area contributed by atoms with Crippen LogP contribution in [0.2, 0.25) is 51.1 Å². The zero-order chi connectivity index (χ0) is 39.2. The quantitative estimate of drug-likeness (QED) is 0.213. The Bertz CT molecular complexity index is 511. The molecular formula is C37H84Cl2Ge3Si3. The molecule has 0 aromatic carbocycles. The molecule has 0 atom stereocenters. The first-order chi connectivity index (χ1) is 19.1. The zero-order valence-electron chi connectivity index (χ0n) is 36.3. The van der Waals surface area contributed by atoms with Gasteiger partial charge in [-0.05, 0) is 45.3 Å². The average Bonchev–Trinajstić information content (AvgIpc) is 2.62. The molecule has 0 aromatic rings. The number of hydrogen-bond acceptors (Lipinski definition) is 0. The monoisotopic (exact) mass is 904 g/mol. The van der Waals surface area contributed by atoms with Crippen molar-refractivity contribution in [1.29, 1.82) is 0 Å². The molecule has 0 amide bonds. The van der Waals surface area contributed by atoms with E-state index in [2.05, 4.69) is 207 Å². The molecule has 0 heterocycles. The van der Waals surface area contributed by atoms with Gasteiger partial charge < -0.3 is 0 Å². The van der Waals surface area contributed by atoms with E-state index in [1.165, 1.54) is 31.2 Å². The third-order valence-electron chi connectivity index (χ3n) is 6.75. The normalized spacial score (nSPS) is 13.6. The van der Waals surface area contributed by atoms with E-state index in [0.717, 1.165) is 0 Å². The van der Waals surface area contributed by atoms with Crippen molar-refractivity contribution in [2.75, 3.05) is 0 Å². The number of halogens is 2. The molecule has 270 valence electrons. The van der Waals surface area contributed by atoms with Crippen LogP contribution in [0.15, 0.2) is 0 Å². The van der Waals surface area contributed by atoms with E-state index >= 15 is 0 Å². The summed E-state index contributed by atoms with van der Waals surface area (Å²) in [5, 5.41) is 4.39. The predicted molar refractivity (Wildman–Crippen MR) is 230 cm³/mol. The Morgan fingerprint density at radius 3 is 0.267 bits per heavy atom. The van der Waals surface area contributed by atoms with Crippen LogP contribution in [-0.2, 0) is 0 Å². The van der Waals surface area contributed by atoms with E-state index in [0.29, 0.717) is 45.3 Å². The SMILES string of the molecule is CC(C)(C)[Si](C(C)(C)C)C(C)(C)C.CC(C)(C)[Si](C(C)(C)C)C(C)(C)C.CC(C)(C)[Si](C(C)(C)C)C(C)(C)C.[CH3][Ge].[Cl][Ge].[Cl][Ge]. The van der Waals surface area contributed by atoms with Gasteiger partial charge in [-0.3, -0.25) is 0 Å². The molecule has 0 aliphatic rings. The van der Waals surface area contributed by atoms with Crippen LogP contribution in [0.25, 0.3) is 0 Å². The Labute approximate surface area is 329 Å². The van der Waals surface area contributed by atoms with Crippen molar-refractivity contribution in [2.45, 2.75) is 238 Å². The van der Waals surface area contributed by atoms with Crippen LogP contribution < -0.4 is 0 Å². The van der Waals surface area contributed by atoms with E-state index in [4.69, 9.17) is 0 Å². The zero-order valence-corrected chi connectivity index (χ0v) is 47.1. The summed E-state index contributed by atoms with van der Waals surface area (Å²) < 4.78 is 0. The average molecular weight is 902 g/mol. The van der Waals surface area contributed by atoms with E-state index in [1.54, 1.807) is 0 Å². The Morgan fingerprint density at radius 1 is 0.222 bits per heavy atom. The third-order valence-corrected chi connectivity index (χ3v) is 20.2. The maximum atomic E-state index is 4.64. The second-order valence-corrected chi connectivity index (χ2v) is 37.1. The summed E-state index contributed by atoms with van der Waals surface area (Å²) in [5.41, 5.74) is 0. The number of hydrogen-bond donors (Lipinski definition) is 0. The summed E-state index contributed by atoms with van der Waals surface area (Å²) in [7, 11) is 8.10. The van der Waals surface area contributed by atoms with Crippen molar-refractivity contribution < 1.29 is 0 Å². The molecule has 0 rings (SSSR count). The second kappa shape index (κ2) is 22.7. The van der Waals surface area contributed by atoms with Gasteiger partial charge in [0.2, 0.25) is 0 Å². The van der Waals surface area contributed by atoms with Crippen LogP contribution >= 0.6 is 20.0 Å². The summed E-state index contributed by atoms with van der Waals surface area (Å²) in [6.45, 7) is 64.8. The van der Waals surface area contributed by atoms with Gasteiger partial charge in [-0.1, -0.05) is 187 Å². The summed E-state index contributed by atoms with van der Waals surface area (Å²) >= 11 is 4.94. The molecule has 0 nitrogen and oxygen atoms in total. The minimum atomic E-state index is -0.391. The summed E-state index contributed by atoms with van der Waals surface area (Å²) in [4.78, 5) is 0. The Morgan fingerprint density at radius 2 is 0.267 bits per heavy atom. The second-order valence-electron chi connectivity index (χ2n) is 21.4. The minimum absolute atomic E-state index is 0.391.